The van der Waals surface area contributed by atoms with Gasteiger partial charge < -0.3 is 15.8 Å². The second-order valence-electron chi connectivity index (χ2n) is 9.86. The molecule has 238 valence electrons. The molecule has 3 N–H and O–H groups in total. The summed E-state index contributed by atoms with van der Waals surface area (Å²) in [5.41, 5.74) is 0.834. The molecule has 4 aromatic rings. The Hall–Kier alpha value is -4.59. The molecule has 0 heterocycles. The molecule has 0 aliphatic heterocycles. The van der Waals surface area contributed by atoms with Crippen molar-refractivity contribution < 1.29 is 53.4 Å². The van der Waals surface area contributed by atoms with E-state index in [1.54, 1.807) is 18.2 Å². The van der Waals surface area contributed by atoms with Crippen molar-refractivity contribution in [2.45, 2.75) is 37.2 Å². The van der Waals surface area contributed by atoms with E-state index in [0.29, 0.717) is 17.7 Å². The number of ether oxygens (including phenoxy) is 1. The maximum atomic E-state index is 15.0. The largest absolute Gasteiger partial charge is 0.461 e. The molecule has 1 amide bonds. The molecule has 0 aromatic heterocycles. The average molecular weight is 645 g/mol. The summed E-state index contributed by atoms with van der Waals surface area (Å²) < 4.78 is 142. The van der Waals surface area contributed by atoms with Gasteiger partial charge in [-0.2, -0.15) is 30.7 Å². The van der Waals surface area contributed by atoms with Gasteiger partial charge in [0.15, 0.2) is 0 Å². The van der Waals surface area contributed by atoms with Crippen molar-refractivity contribution in [2.24, 2.45) is 5.73 Å². The summed E-state index contributed by atoms with van der Waals surface area (Å²) in [6, 6.07) is 14.3. The molecule has 0 aliphatic rings. The molecule has 0 spiro atoms. The SMILES string of the molecule is NCc1cc(C(Cc2ccccc2)(NC(=O)c2ccc(F)c(C(F)(F)F)c2)c2cc(F)cc(OC(F)(F)C(F)F)c2)ccc1F. The van der Waals surface area contributed by atoms with Crippen LogP contribution in [-0.4, -0.2) is 18.4 Å². The number of carbonyl (C=O) groups excluding carboxylic acids is 1. The van der Waals surface area contributed by atoms with Crippen LogP contribution in [0.1, 0.15) is 38.2 Å². The number of carbonyl (C=O) groups is 1. The van der Waals surface area contributed by atoms with Gasteiger partial charge in [0.05, 0.1) is 11.1 Å². The summed E-state index contributed by atoms with van der Waals surface area (Å²) in [7, 11) is 0. The fourth-order valence-electron chi connectivity index (χ4n) is 4.68. The molecular formula is C31H22F10N2O2. The number of halogens is 10. The molecule has 0 radical (unpaired) electrons. The molecule has 0 saturated heterocycles. The van der Waals surface area contributed by atoms with Gasteiger partial charge in [0.2, 0.25) is 0 Å². The van der Waals surface area contributed by atoms with Crippen LogP contribution in [0.3, 0.4) is 0 Å². The Balaban J connectivity index is 2.00. The van der Waals surface area contributed by atoms with Gasteiger partial charge in [-0.25, -0.2) is 13.2 Å². The molecule has 45 heavy (non-hydrogen) atoms. The van der Waals surface area contributed by atoms with Gasteiger partial charge in [0.25, 0.3) is 5.91 Å². The van der Waals surface area contributed by atoms with E-state index in [0.717, 1.165) is 36.4 Å². The van der Waals surface area contributed by atoms with Gasteiger partial charge in [0, 0.05) is 30.2 Å². The van der Waals surface area contributed by atoms with Crippen molar-refractivity contribution >= 4 is 5.91 Å². The molecule has 4 rings (SSSR count). The van der Waals surface area contributed by atoms with Crippen molar-refractivity contribution in [3.8, 4) is 5.75 Å². The summed E-state index contributed by atoms with van der Waals surface area (Å²) in [5, 5.41) is 2.49. The van der Waals surface area contributed by atoms with Crippen molar-refractivity contribution in [2.75, 3.05) is 0 Å². The topological polar surface area (TPSA) is 64.3 Å². The minimum Gasteiger partial charge on any atom is -0.428 e. The minimum atomic E-state index is -5.20. The number of hydrogen-bond acceptors (Lipinski definition) is 3. The molecule has 0 aliphatic carbocycles. The van der Waals surface area contributed by atoms with Gasteiger partial charge in [-0.05, 0) is 59.2 Å². The van der Waals surface area contributed by atoms with Crippen LogP contribution in [0.2, 0.25) is 0 Å². The summed E-state index contributed by atoms with van der Waals surface area (Å²) in [6.07, 6.45) is -15.0. The van der Waals surface area contributed by atoms with Gasteiger partial charge in [-0.15, -0.1) is 0 Å². The van der Waals surface area contributed by atoms with E-state index < -0.39 is 70.0 Å². The Morgan fingerprint density at radius 2 is 1.47 bits per heavy atom. The first-order chi connectivity index (χ1) is 21.1. The number of amides is 1. The monoisotopic (exact) mass is 644 g/mol. The van der Waals surface area contributed by atoms with E-state index in [1.165, 1.54) is 12.1 Å². The van der Waals surface area contributed by atoms with E-state index in [9.17, 15) is 44.3 Å². The Kier molecular flexibility index (Phi) is 9.47. The second kappa shape index (κ2) is 12.8. The van der Waals surface area contributed by atoms with Gasteiger partial charge in [-0.3, -0.25) is 4.79 Å². The third-order valence-corrected chi connectivity index (χ3v) is 6.80. The third kappa shape index (κ3) is 7.39. The van der Waals surface area contributed by atoms with E-state index in [2.05, 4.69) is 10.1 Å². The first kappa shape index (κ1) is 33.3. The predicted octanol–water partition coefficient (Wildman–Crippen LogP) is 7.73. The van der Waals surface area contributed by atoms with Crippen LogP contribution in [0.4, 0.5) is 43.9 Å². The Morgan fingerprint density at radius 3 is 2.09 bits per heavy atom. The van der Waals surface area contributed by atoms with E-state index in [-0.39, 0.29) is 30.2 Å². The predicted molar refractivity (Wildman–Crippen MR) is 142 cm³/mol. The quantitative estimate of drug-likeness (QED) is 0.174. The molecule has 4 nitrogen and oxygen atoms in total. The fraction of sp³-hybridized carbons (Fsp3) is 0.194. The summed E-state index contributed by atoms with van der Waals surface area (Å²) >= 11 is 0. The van der Waals surface area contributed by atoms with Crippen LogP contribution < -0.4 is 15.8 Å². The highest BCUT2D eigenvalue weighted by Gasteiger charge is 2.45. The molecule has 0 bridgehead atoms. The first-order valence-corrected chi connectivity index (χ1v) is 12.9. The number of nitrogens with two attached hydrogens (primary N) is 1. The smallest absolute Gasteiger partial charge is 0.428 e. The van der Waals surface area contributed by atoms with Gasteiger partial charge in [0.1, 0.15) is 23.2 Å². The lowest BCUT2D eigenvalue weighted by atomic mass is 9.77. The molecule has 1 atom stereocenters. The highest BCUT2D eigenvalue weighted by Crippen LogP contribution is 2.39. The Bertz CT molecular complexity index is 1680. The minimum absolute atomic E-state index is 0.0584. The summed E-state index contributed by atoms with van der Waals surface area (Å²) in [6.45, 7) is -0.389. The zero-order valence-electron chi connectivity index (χ0n) is 22.7. The van der Waals surface area contributed by atoms with Crippen molar-refractivity contribution in [1.29, 1.82) is 0 Å². The normalized spacial score (nSPS) is 13.4. The summed E-state index contributed by atoms with van der Waals surface area (Å²) in [5.74, 6) is -6.13. The lowest BCUT2D eigenvalue weighted by Gasteiger charge is -2.37. The highest BCUT2D eigenvalue weighted by molar-refractivity contribution is 5.95. The summed E-state index contributed by atoms with van der Waals surface area (Å²) in [4.78, 5) is 13.7. The van der Waals surface area contributed by atoms with Crippen LogP contribution >= 0.6 is 0 Å². The first-order valence-electron chi connectivity index (χ1n) is 12.9. The number of rotatable bonds is 10. The van der Waals surface area contributed by atoms with Crippen molar-refractivity contribution in [3.63, 3.8) is 0 Å². The lowest BCUT2D eigenvalue weighted by Crippen LogP contribution is -2.49. The highest BCUT2D eigenvalue weighted by atomic mass is 19.4. The zero-order valence-corrected chi connectivity index (χ0v) is 22.7. The Labute approximate surface area is 249 Å². The lowest BCUT2D eigenvalue weighted by molar-refractivity contribution is -0.253. The number of alkyl halides is 7. The number of benzene rings is 4. The molecule has 4 aromatic carbocycles. The van der Waals surface area contributed by atoms with Crippen molar-refractivity contribution in [1.82, 2.24) is 5.32 Å². The van der Waals surface area contributed by atoms with Crippen LogP contribution in [0, 0.1) is 17.5 Å². The molecule has 1 unspecified atom stereocenters. The average Bonchev–Trinajstić information content (AvgIpc) is 2.96. The molecule has 14 heteroatoms. The van der Waals surface area contributed by atoms with Crippen LogP contribution in [0.25, 0.3) is 0 Å². The third-order valence-electron chi connectivity index (χ3n) is 6.80. The van der Waals surface area contributed by atoms with E-state index in [1.807, 2.05) is 0 Å². The number of hydrogen-bond donors (Lipinski definition) is 2. The van der Waals surface area contributed by atoms with Crippen LogP contribution in [-0.2, 0) is 24.7 Å². The van der Waals surface area contributed by atoms with Crippen molar-refractivity contribution in [3.05, 3.63) is 136 Å². The molecule has 0 saturated carbocycles. The zero-order chi connectivity index (χ0) is 33.2. The molecular weight excluding hydrogens is 622 g/mol. The maximum absolute atomic E-state index is 15.0. The van der Waals surface area contributed by atoms with E-state index >= 15 is 4.39 Å². The maximum Gasteiger partial charge on any atom is 0.461 e. The van der Waals surface area contributed by atoms with Gasteiger partial charge in [-0.1, -0.05) is 36.4 Å². The van der Waals surface area contributed by atoms with Crippen LogP contribution in [0.15, 0.2) is 84.9 Å². The van der Waals surface area contributed by atoms with E-state index in [4.69, 9.17) is 5.73 Å². The second-order valence-corrected chi connectivity index (χ2v) is 9.86. The molecule has 0 fully saturated rings. The number of nitrogens with one attached hydrogen (secondary N) is 1. The standard InChI is InChI=1S/C31H22F10N2O2/c32-22-12-21(13-23(14-22)45-31(40,41)28(35)36)29(15-17-4-2-1-3-5-17,20-7-9-25(33)19(10-20)16-42)43-27(44)18-6-8-26(34)24(11-18)30(37,38)39/h1-14,28H,15-16,42H2,(H,43,44). The fourth-order valence-corrected chi connectivity index (χ4v) is 4.68. The van der Waals surface area contributed by atoms with Gasteiger partial charge >= 0.3 is 18.7 Å². The van der Waals surface area contributed by atoms with Crippen LogP contribution in [0.5, 0.6) is 5.75 Å². The Morgan fingerprint density at radius 1 is 0.800 bits per heavy atom.